The average Bonchev–Trinajstić information content (AvgIpc) is 3.00. The predicted octanol–water partition coefficient (Wildman–Crippen LogP) is 2.60. The zero-order valence-corrected chi connectivity index (χ0v) is 13.5. The molecule has 0 fully saturated rings. The van der Waals surface area contributed by atoms with E-state index in [2.05, 4.69) is 4.72 Å². The van der Waals surface area contributed by atoms with Crippen molar-refractivity contribution in [3.05, 3.63) is 58.3 Å². The molecule has 0 aliphatic rings. The molecule has 1 aromatic carbocycles. The third-order valence-electron chi connectivity index (χ3n) is 3.05. The first-order chi connectivity index (χ1) is 10.1. The fourth-order valence-corrected chi connectivity index (χ4v) is 4.01. The highest BCUT2D eigenvalue weighted by atomic mass is 32.2. The van der Waals surface area contributed by atoms with Gasteiger partial charge in [0, 0.05) is 12.0 Å². The van der Waals surface area contributed by atoms with Crippen LogP contribution in [-0.2, 0) is 21.2 Å². The van der Waals surface area contributed by atoms with Gasteiger partial charge < -0.3 is 4.74 Å². The van der Waals surface area contributed by atoms with E-state index in [0.717, 1.165) is 10.4 Å². The second-order valence-corrected chi connectivity index (χ2v) is 7.54. The number of sulfonamides is 1. The van der Waals surface area contributed by atoms with E-state index in [0.29, 0.717) is 6.42 Å². The van der Waals surface area contributed by atoms with E-state index in [9.17, 15) is 8.42 Å². The molecule has 0 aliphatic heterocycles. The quantitative estimate of drug-likeness (QED) is 0.811. The number of hydrogen-bond acceptors (Lipinski definition) is 4. The molecule has 4 nitrogen and oxygen atoms in total. The summed E-state index contributed by atoms with van der Waals surface area (Å²) >= 11 is 1.56. The van der Waals surface area contributed by atoms with Crippen molar-refractivity contribution in [1.82, 2.24) is 4.72 Å². The maximum atomic E-state index is 12.1. The minimum Gasteiger partial charge on any atom is -0.384 e. The number of benzene rings is 1. The average molecular weight is 325 g/mol. The van der Waals surface area contributed by atoms with Crippen molar-refractivity contribution < 1.29 is 13.2 Å². The summed E-state index contributed by atoms with van der Waals surface area (Å²) < 4.78 is 31.8. The Hall–Kier alpha value is -1.21. The first kappa shape index (κ1) is 16.2. The monoisotopic (exact) mass is 325 g/mol. The number of nitrogens with one attached hydrogen (secondary N) is 1. The molecule has 0 bridgehead atoms. The van der Waals surface area contributed by atoms with Crippen LogP contribution in [0.4, 0.5) is 0 Å². The molecule has 2 aromatic rings. The minimum absolute atomic E-state index is 0.0276. The highest BCUT2D eigenvalue weighted by Crippen LogP contribution is 2.23. The van der Waals surface area contributed by atoms with Crippen LogP contribution in [0.5, 0.6) is 0 Å². The largest absolute Gasteiger partial charge is 0.384 e. The molecule has 1 atom stereocenters. The molecule has 114 valence electrons. The van der Waals surface area contributed by atoms with Crippen LogP contribution in [0.25, 0.3) is 0 Å². The van der Waals surface area contributed by atoms with Crippen molar-refractivity contribution >= 4 is 21.4 Å². The Labute approximate surface area is 129 Å². The lowest BCUT2D eigenvalue weighted by atomic mass is 10.1. The molecule has 21 heavy (non-hydrogen) atoms. The van der Waals surface area contributed by atoms with E-state index in [1.54, 1.807) is 11.3 Å². The van der Waals surface area contributed by atoms with E-state index in [-0.39, 0.29) is 18.4 Å². The predicted molar refractivity (Wildman–Crippen MR) is 86.0 cm³/mol. The van der Waals surface area contributed by atoms with Gasteiger partial charge in [0.2, 0.25) is 10.0 Å². The summed E-state index contributed by atoms with van der Waals surface area (Å²) in [5.74, 6) is -0.0276. The molecule has 0 saturated heterocycles. The molecule has 0 amide bonds. The van der Waals surface area contributed by atoms with E-state index in [1.165, 1.54) is 7.11 Å². The number of rotatable bonds is 8. The lowest BCUT2D eigenvalue weighted by molar-refractivity contribution is 0.216. The van der Waals surface area contributed by atoms with Gasteiger partial charge in [0.1, 0.15) is 0 Å². The molecule has 0 spiro atoms. The van der Waals surface area contributed by atoms with Crippen LogP contribution in [-0.4, -0.2) is 27.9 Å². The van der Waals surface area contributed by atoms with Gasteiger partial charge in [-0.1, -0.05) is 36.4 Å². The number of hydrogen-bond donors (Lipinski definition) is 1. The molecular formula is C15H19NO3S2. The Kier molecular flexibility index (Phi) is 5.93. The molecule has 1 heterocycles. The van der Waals surface area contributed by atoms with Gasteiger partial charge in [-0.15, -0.1) is 11.3 Å². The first-order valence-corrected chi connectivity index (χ1v) is 9.20. The van der Waals surface area contributed by atoms with Crippen molar-refractivity contribution in [2.24, 2.45) is 0 Å². The molecule has 6 heteroatoms. The molecule has 0 saturated carbocycles. The topological polar surface area (TPSA) is 55.4 Å². The molecule has 0 radical (unpaired) electrons. The van der Waals surface area contributed by atoms with Crippen LogP contribution >= 0.6 is 11.3 Å². The highest BCUT2D eigenvalue weighted by molar-refractivity contribution is 7.89. The lowest BCUT2D eigenvalue weighted by Crippen LogP contribution is -2.32. The summed E-state index contributed by atoms with van der Waals surface area (Å²) in [6, 6.07) is 13.5. The van der Waals surface area contributed by atoms with Gasteiger partial charge in [-0.3, -0.25) is 0 Å². The Morgan fingerprint density at radius 1 is 1.19 bits per heavy atom. The highest BCUT2D eigenvalue weighted by Gasteiger charge is 2.20. The number of ether oxygens (including phenoxy) is 1. The summed E-state index contributed by atoms with van der Waals surface area (Å²) in [5.41, 5.74) is 1.10. The van der Waals surface area contributed by atoms with Crippen molar-refractivity contribution in [3.63, 3.8) is 0 Å². The summed E-state index contributed by atoms with van der Waals surface area (Å²) in [4.78, 5) is 1.01. The smallest absolute Gasteiger partial charge is 0.214 e. The van der Waals surface area contributed by atoms with Crippen LogP contribution in [0.15, 0.2) is 47.8 Å². The summed E-state index contributed by atoms with van der Waals surface area (Å²) in [7, 11) is -1.86. The van der Waals surface area contributed by atoms with Gasteiger partial charge >= 0.3 is 0 Å². The minimum atomic E-state index is -3.36. The van der Waals surface area contributed by atoms with Crippen molar-refractivity contribution in [2.75, 3.05) is 19.5 Å². The number of thiophene rings is 1. The van der Waals surface area contributed by atoms with E-state index < -0.39 is 10.0 Å². The van der Waals surface area contributed by atoms with Gasteiger partial charge in [0.25, 0.3) is 0 Å². The fourth-order valence-electron chi connectivity index (χ4n) is 2.01. The Morgan fingerprint density at radius 2 is 1.95 bits per heavy atom. The molecule has 0 unspecified atom stereocenters. The van der Waals surface area contributed by atoms with E-state index in [1.807, 2.05) is 47.8 Å². The molecule has 0 aliphatic carbocycles. The van der Waals surface area contributed by atoms with Gasteiger partial charge in [-0.2, -0.15) is 0 Å². The number of methoxy groups -OCH3 is 1. The maximum absolute atomic E-state index is 12.1. The maximum Gasteiger partial charge on any atom is 0.214 e. The zero-order chi connectivity index (χ0) is 15.1. The Morgan fingerprint density at radius 3 is 2.57 bits per heavy atom. The summed E-state index contributed by atoms with van der Waals surface area (Å²) in [6.07, 6.45) is 0.633. The zero-order valence-electron chi connectivity index (χ0n) is 11.9. The van der Waals surface area contributed by atoms with Gasteiger partial charge in [0.05, 0.1) is 18.4 Å². The van der Waals surface area contributed by atoms with Crippen LogP contribution in [0.1, 0.15) is 16.5 Å². The van der Waals surface area contributed by atoms with Crippen LogP contribution < -0.4 is 4.72 Å². The molecule has 2 rings (SSSR count). The van der Waals surface area contributed by atoms with Crippen LogP contribution in [0.2, 0.25) is 0 Å². The second kappa shape index (κ2) is 7.70. The molecule has 1 aromatic heterocycles. The third kappa shape index (κ3) is 5.24. The van der Waals surface area contributed by atoms with Crippen LogP contribution in [0, 0.1) is 0 Å². The standard InChI is InChI=1S/C15H19NO3S2/c1-19-9-11-21(17,18)16-14(15-8-5-10-20-15)12-13-6-3-2-4-7-13/h2-8,10,14,16H,9,11-12H2,1H3/t14-/m0/s1. The van der Waals surface area contributed by atoms with E-state index >= 15 is 0 Å². The third-order valence-corrected chi connectivity index (χ3v) is 5.38. The van der Waals surface area contributed by atoms with Gasteiger partial charge in [-0.25, -0.2) is 13.1 Å². The summed E-state index contributed by atoms with van der Waals surface area (Å²) in [6.45, 7) is 0.192. The van der Waals surface area contributed by atoms with Gasteiger partial charge in [0.15, 0.2) is 0 Å². The first-order valence-electron chi connectivity index (χ1n) is 6.67. The van der Waals surface area contributed by atoms with Gasteiger partial charge in [-0.05, 0) is 23.4 Å². The molecule has 1 N–H and O–H groups in total. The van der Waals surface area contributed by atoms with Crippen molar-refractivity contribution in [1.29, 1.82) is 0 Å². The second-order valence-electron chi connectivity index (χ2n) is 4.69. The Bertz CT molecular complexity index is 624. The Balaban J connectivity index is 2.14. The SMILES string of the molecule is COCCS(=O)(=O)N[C@@H](Cc1ccccc1)c1cccs1. The normalized spacial score (nSPS) is 13.2. The fraction of sp³-hybridized carbons (Fsp3) is 0.333. The van der Waals surface area contributed by atoms with E-state index in [4.69, 9.17) is 4.74 Å². The molecular weight excluding hydrogens is 306 g/mol. The van der Waals surface area contributed by atoms with Crippen molar-refractivity contribution in [2.45, 2.75) is 12.5 Å². The lowest BCUT2D eigenvalue weighted by Gasteiger charge is -2.17. The van der Waals surface area contributed by atoms with Crippen molar-refractivity contribution in [3.8, 4) is 0 Å². The van der Waals surface area contributed by atoms with Crippen LogP contribution in [0.3, 0.4) is 0 Å². The summed E-state index contributed by atoms with van der Waals surface area (Å²) in [5, 5.41) is 1.96.